The van der Waals surface area contributed by atoms with E-state index in [9.17, 15) is 25.3 Å². The molecular formula is C11H19B2N3O5. The second-order valence-electron chi connectivity index (χ2n) is 4.85. The summed E-state index contributed by atoms with van der Waals surface area (Å²) in [4.78, 5) is 10.6. The fourth-order valence-electron chi connectivity index (χ4n) is 2.02. The molecule has 0 aliphatic carbocycles. The van der Waals surface area contributed by atoms with Crippen LogP contribution >= 0.6 is 0 Å². The number of benzene rings is 1. The topological polar surface area (TPSA) is 128 Å². The largest absolute Gasteiger partial charge is 0.437 e. The average molecular weight is 295 g/mol. The molecule has 1 unspecified atom stereocenters. The molecule has 21 heavy (non-hydrogen) atoms. The minimum absolute atomic E-state index is 0.105. The van der Waals surface area contributed by atoms with Crippen molar-refractivity contribution in [2.75, 3.05) is 11.8 Å². The summed E-state index contributed by atoms with van der Waals surface area (Å²) in [6.45, 7) is 2.76. The fourth-order valence-corrected chi connectivity index (χ4v) is 2.02. The summed E-state index contributed by atoms with van der Waals surface area (Å²) < 4.78 is 0. The van der Waals surface area contributed by atoms with Crippen LogP contribution in [-0.2, 0) is 6.42 Å². The molecule has 10 heteroatoms. The molecule has 1 atom stereocenters. The molecule has 0 bridgehead atoms. The first-order chi connectivity index (χ1) is 9.83. The van der Waals surface area contributed by atoms with E-state index in [1.165, 1.54) is 19.7 Å². The van der Waals surface area contributed by atoms with Crippen molar-refractivity contribution in [2.24, 2.45) is 0 Å². The van der Waals surface area contributed by atoms with Gasteiger partial charge in [0.15, 0.2) is 0 Å². The van der Waals surface area contributed by atoms with Crippen LogP contribution < -0.4 is 10.5 Å². The van der Waals surface area contributed by atoms with Crippen molar-refractivity contribution in [2.45, 2.75) is 26.1 Å². The number of nitro benzene ring substituents is 1. The van der Waals surface area contributed by atoms with Gasteiger partial charge in [-0.3, -0.25) is 10.1 Å². The van der Waals surface area contributed by atoms with Crippen LogP contribution in [0.4, 0.5) is 11.4 Å². The zero-order valence-corrected chi connectivity index (χ0v) is 12.0. The second kappa shape index (κ2) is 7.99. The average Bonchev–Trinajstić information content (AvgIpc) is 2.38. The van der Waals surface area contributed by atoms with Crippen LogP contribution in [0, 0.1) is 10.1 Å². The Morgan fingerprint density at radius 3 is 2.48 bits per heavy atom. The number of nitro groups is 1. The second-order valence-corrected chi connectivity index (χ2v) is 4.85. The van der Waals surface area contributed by atoms with Gasteiger partial charge >= 0.3 is 14.1 Å². The first kappa shape index (κ1) is 17.4. The number of hydrogen-bond donors (Lipinski definition) is 5. The number of aliphatic hydroxyl groups is 1. The molecule has 0 aliphatic rings. The highest BCUT2D eigenvalue weighted by Gasteiger charge is 2.20. The number of hydrogen-bond acceptors (Lipinski definition) is 7. The third-order valence-electron chi connectivity index (χ3n) is 2.82. The highest BCUT2D eigenvalue weighted by Crippen LogP contribution is 2.24. The maximum Gasteiger partial charge on any atom is 0.406 e. The number of nitrogens with one attached hydrogen (secondary N) is 2. The van der Waals surface area contributed by atoms with E-state index in [2.05, 4.69) is 10.5 Å². The lowest BCUT2D eigenvalue weighted by atomic mass is 9.86. The third kappa shape index (κ3) is 5.72. The lowest BCUT2D eigenvalue weighted by molar-refractivity contribution is -0.385. The Morgan fingerprint density at radius 1 is 1.33 bits per heavy atom. The molecular weight excluding hydrogens is 276 g/mol. The molecule has 0 aromatic heterocycles. The maximum atomic E-state index is 11.1. The predicted octanol–water partition coefficient (Wildman–Crippen LogP) is -0.280. The van der Waals surface area contributed by atoms with Gasteiger partial charge in [0.2, 0.25) is 0 Å². The molecule has 0 saturated carbocycles. The molecule has 8 nitrogen and oxygen atoms in total. The van der Waals surface area contributed by atoms with E-state index in [4.69, 9.17) is 0 Å². The van der Waals surface area contributed by atoms with E-state index in [0.29, 0.717) is 11.3 Å². The third-order valence-corrected chi connectivity index (χ3v) is 2.82. The molecule has 1 aromatic rings. The molecule has 1 aromatic carbocycles. The van der Waals surface area contributed by atoms with Crippen molar-refractivity contribution in [1.29, 1.82) is 0 Å². The van der Waals surface area contributed by atoms with Gasteiger partial charge in [-0.25, -0.2) is 0 Å². The number of nitrogens with zero attached hydrogens (tertiary/aromatic N) is 1. The summed E-state index contributed by atoms with van der Waals surface area (Å²) in [6, 6.07) is 4.03. The zero-order valence-electron chi connectivity index (χ0n) is 12.0. The SMILES string of the molecule is CB(O)Nc1ccc(CC(CO)NB(C)O)c([N+](=O)[O-])c1. The van der Waals surface area contributed by atoms with E-state index < -0.39 is 25.1 Å². The van der Waals surface area contributed by atoms with Crippen LogP contribution in [0.5, 0.6) is 0 Å². The van der Waals surface area contributed by atoms with Crippen LogP contribution in [0.15, 0.2) is 18.2 Å². The Bertz CT molecular complexity index is 487. The minimum atomic E-state index is -0.822. The minimum Gasteiger partial charge on any atom is -0.437 e. The van der Waals surface area contributed by atoms with E-state index in [0.717, 1.165) is 0 Å². The Morgan fingerprint density at radius 2 is 2.00 bits per heavy atom. The molecule has 0 spiro atoms. The Kier molecular flexibility index (Phi) is 6.63. The first-order valence-corrected chi connectivity index (χ1v) is 6.60. The molecule has 114 valence electrons. The molecule has 0 fully saturated rings. The first-order valence-electron chi connectivity index (χ1n) is 6.60. The molecule has 0 saturated heterocycles. The van der Waals surface area contributed by atoms with E-state index in [1.807, 2.05) is 0 Å². The van der Waals surface area contributed by atoms with Crippen LogP contribution in [-0.4, -0.2) is 46.8 Å². The van der Waals surface area contributed by atoms with Crippen molar-refractivity contribution in [3.8, 4) is 0 Å². The monoisotopic (exact) mass is 295 g/mol. The van der Waals surface area contributed by atoms with Gasteiger partial charge in [-0.05, 0) is 26.1 Å². The van der Waals surface area contributed by atoms with Crippen LogP contribution in [0.3, 0.4) is 0 Å². The summed E-state index contributed by atoms with van der Waals surface area (Å²) in [5.41, 5.74) is 0.763. The van der Waals surface area contributed by atoms with Crippen LogP contribution in [0.2, 0.25) is 13.6 Å². The van der Waals surface area contributed by atoms with Crippen molar-refractivity contribution in [3.05, 3.63) is 33.9 Å². The molecule has 0 radical (unpaired) electrons. The number of anilines is 1. The van der Waals surface area contributed by atoms with Gasteiger partial charge in [-0.15, -0.1) is 0 Å². The molecule has 5 N–H and O–H groups in total. The van der Waals surface area contributed by atoms with Crippen molar-refractivity contribution in [3.63, 3.8) is 0 Å². The predicted molar refractivity (Wildman–Crippen MR) is 82.1 cm³/mol. The molecule has 0 amide bonds. The number of rotatable bonds is 8. The van der Waals surface area contributed by atoms with Crippen molar-refractivity contribution < 1.29 is 20.1 Å². The summed E-state index contributed by atoms with van der Waals surface area (Å²) >= 11 is 0. The molecule has 0 aliphatic heterocycles. The zero-order chi connectivity index (χ0) is 16.0. The van der Waals surface area contributed by atoms with Gasteiger partial charge in [-0.1, -0.05) is 6.07 Å². The summed E-state index contributed by atoms with van der Waals surface area (Å²) in [5, 5.41) is 44.3. The van der Waals surface area contributed by atoms with E-state index >= 15 is 0 Å². The van der Waals surface area contributed by atoms with E-state index in [-0.39, 0.29) is 18.7 Å². The Hall–Kier alpha value is -1.61. The van der Waals surface area contributed by atoms with Crippen LogP contribution in [0.1, 0.15) is 5.56 Å². The van der Waals surface area contributed by atoms with Crippen LogP contribution in [0.25, 0.3) is 0 Å². The van der Waals surface area contributed by atoms with Gasteiger partial charge in [0.1, 0.15) is 0 Å². The van der Waals surface area contributed by atoms with Crippen molar-refractivity contribution >= 4 is 25.5 Å². The van der Waals surface area contributed by atoms with Gasteiger partial charge in [0.05, 0.1) is 11.5 Å². The summed E-state index contributed by atoms with van der Waals surface area (Å²) in [6.07, 6.45) is 0.201. The normalized spacial score (nSPS) is 11.9. The summed E-state index contributed by atoms with van der Waals surface area (Å²) in [5.74, 6) is 0. The molecule has 0 heterocycles. The molecule has 1 rings (SSSR count). The quantitative estimate of drug-likeness (QED) is 0.253. The fraction of sp³-hybridized carbons (Fsp3) is 0.455. The Balaban J connectivity index is 2.97. The smallest absolute Gasteiger partial charge is 0.406 e. The van der Waals surface area contributed by atoms with Gasteiger partial charge < -0.3 is 25.6 Å². The van der Waals surface area contributed by atoms with Gasteiger partial charge in [0, 0.05) is 23.4 Å². The van der Waals surface area contributed by atoms with Crippen molar-refractivity contribution in [1.82, 2.24) is 5.23 Å². The summed E-state index contributed by atoms with van der Waals surface area (Å²) in [7, 11) is -1.64. The number of aliphatic hydroxyl groups excluding tert-OH is 1. The lowest BCUT2D eigenvalue weighted by Gasteiger charge is -2.17. The highest BCUT2D eigenvalue weighted by atomic mass is 16.6. The maximum absolute atomic E-state index is 11.1. The Labute approximate surface area is 123 Å². The van der Waals surface area contributed by atoms with E-state index in [1.54, 1.807) is 12.1 Å². The standard InChI is InChI=1S/C11H19B2N3O5/c1-12(18)14-9-4-3-8(11(6-9)16(20)21)5-10(7-17)15-13(2)19/h3-4,6,10,14-15,17-19H,5,7H2,1-2H3. The lowest BCUT2D eigenvalue weighted by Crippen LogP contribution is -2.43. The highest BCUT2D eigenvalue weighted by molar-refractivity contribution is 6.52. The van der Waals surface area contributed by atoms with Gasteiger partial charge in [0.25, 0.3) is 5.69 Å². The van der Waals surface area contributed by atoms with Gasteiger partial charge in [-0.2, -0.15) is 0 Å².